The Bertz CT molecular complexity index is 920. The highest BCUT2D eigenvalue weighted by atomic mass is 32.2. The van der Waals surface area contributed by atoms with Gasteiger partial charge in [-0.3, -0.25) is 9.59 Å². The number of hydrogen-bond acceptors (Lipinski definition) is 6. The molecule has 2 aliphatic heterocycles. The van der Waals surface area contributed by atoms with E-state index in [1.807, 2.05) is 18.2 Å². The molecule has 2 unspecified atom stereocenters. The van der Waals surface area contributed by atoms with Gasteiger partial charge >= 0.3 is 0 Å². The van der Waals surface area contributed by atoms with Gasteiger partial charge in [0, 0.05) is 38.6 Å². The number of methoxy groups -OCH3 is 2. The van der Waals surface area contributed by atoms with Crippen LogP contribution in [0.2, 0.25) is 0 Å². The molecular weight excluding hydrogens is 422 g/mol. The fraction of sp³-hybridized carbons (Fsp3) is 0.619. The van der Waals surface area contributed by atoms with E-state index in [1.165, 1.54) is 10.6 Å². The molecule has 0 saturated carbocycles. The van der Waals surface area contributed by atoms with Crippen LogP contribution in [0.25, 0.3) is 0 Å². The summed E-state index contributed by atoms with van der Waals surface area (Å²) in [6, 6.07) is 5.44. The number of carbonyl (C=O) groups excluding carboxylic acids is 2. The summed E-state index contributed by atoms with van der Waals surface area (Å²) in [5.41, 5.74) is 1.02. The highest BCUT2D eigenvalue weighted by Crippen LogP contribution is 2.28. The van der Waals surface area contributed by atoms with E-state index in [-0.39, 0.29) is 30.8 Å². The minimum Gasteiger partial charge on any atom is -0.493 e. The van der Waals surface area contributed by atoms with Crippen molar-refractivity contribution in [3.63, 3.8) is 0 Å². The van der Waals surface area contributed by atoms with Crippen molar-refractivity contribution in [2.75, 3.05) is 46.7 Å². The minimum absolute atomic E-state index is 0.0398. The van der Waals surface area contributed by atoms with Crippen LogP contribution in [0.5, 0.6) is 11.5 Å². The Labute approximate surface area is 183 Å². The first kappa shape index (κ1) is 23.3. The lowest BCUT2D eigenvalue weighted by Crippen LogP contribution is -2.50. The first-order valence-corrected chi connectivity index (χ1v) is 12.3. The third-order valence-corrected chi connectivity index (χ3v) is 7.17. The molecule has 1 aromatic rings. The molecule has 0 bridgehead atoms. The molecule has 9 nitrogen and oxygen atoms in total. The topological polar surface area (TPSA) is 105 Å². The normalized spacial score (nSPS) is 22.4. The molecule has 0 radical (unpaired) electrons. The van der Waals surface area contributed by atoms with Crippen LogP contribution in [0, 0.1) is 5.92 Å². The summed E-state index contributed by atoms with van der Waals surface area (Å²) in [6.45, 7) is 1.66. The van der Waals surface area contributed by atoms with Gasteiger partial charge in [-0.1, -0.05) is 6.07 Å². The lowest BCUT2D eigenvalue weighted by Gasteiger charge is -2.31. The summed E-state index contributed by atoms with van der Waals surface area (Å²) in [4.78, 5) is 26.8. The van der Waals surface area contributed by atoms with Crippen molar-refractivity contribution in [3.05, 3.63) is 23.8 Å². The molecule has 0 aromatic heterocycles. The number of piperidine rings is 1. The van der Waals surface area contributed by atoms with E-state index in [2.05, 4.69) is 5.32 Å². The van der Waals surface area contributed by atoms with Gasteiger partial charge in [0.1, 0.15) is 0 Å². The Kier molecular flexibility index (Phi) is 7.42. The standard InChI is InChI=1S/C21H31N3O6S/c1-29-18-7-6-15(11-19(18)30-2)8-10-23-13-16(12-20(23)25)21(26)22-17-5-4-9-24(14-17)31(3,27)28/h6-7,11,16-17H,4-5,8-10,12-14H2,1-3H3,(H,22,26). The smallest absolute Gasteiger partial charge is 0.225 e. The summed E-state index contributed by atoms with van der Waals surface area (Å²) >= 11 is 0. The maximum Gasteiger partial charge on any atom is 0.225 e. The van der Waals surface area contributed by atoms with Gasteiger partial charge in [0.15, 0.2) is 11.5 Å². The largest absolute Gasteiger partial charge is 0.493 e. The quantitative estimate of drug-likeness (QED) is 0.619. The number of amides is 2. The highest BCUT2D eigenvalue weighted by molar-refractivity contribution is 7.88. The highest BCUT2D eigenvalue weighted by Gasteiger charge is 2.36. The molecule has 1 N–H and O–H groups in total. The van der Waals surface area contributed by atoms with Crippen molar-refractivity contribution in [3.8, 4) is 11.5 Å². The van der Waals surface area contributed by atoms with Crippen molar-refractivity contribution in [2.24, 2.45) is 5.92 Å². The molecule has 172 valence electrons. The zero-order chi connectivity index (χ0) is 22.6. The molecule has 2 amide bonds. The predicted molar refractivity (Wildman–Crippen MR) is 116 cm³/mol. The predicted octanol–water partition coefficient (Wildman–Crippen LogP) is 0.635. The second-order valence-electron chi connectivity index (χ2n) is 8.15. The molecule has 1 aromatic carbocycles. The number of sulfonamides is 1. The van der Waals surface area contributed by atoms with Gasteiger partial charge in [-0.25, -0.2) is 12.7 Å². The molecule has 3 rings (SSSR count). The van der Waals surface area contributed by atoms with Crippen LogP contribution in [0.4, 0.5) is 0 Å². The fourth-order valence-electron chi connectivity index (χ4n) is 4.14. The van der Waals surface area contributed by atoms with E-state index in [9.17, 15) is 18.0 Å². The Balaban J connectivity index is 1.52. The summed E-state index contributed by atoms with van der Waals surface area (Å²) in [5, 5.41) is 2.95. The van der Waals surface area contributed by atoms with Gasteiger partial charge < -0.3 is 19.7 Å². The van der Waals surface area contributed by atoms with Crippen LogP contribution in [-0.2, 0) is 26.0 Å². The van der Waals surface area contributed by atoms with Crippen molar-refractivity contribution in [2.45, 2.75) is 31.7 Å². The van der Waals surface area contributed by atoms with Crippen molar-refractivity contribution < 1.29 is 27.5 Å². The summed E-state index contributed by atoms with van der Waals surface area (Å²) in [5.74, 6) is 0.661. The molecule has 2 fully saturated rings. The van der Waals surface area contributed by atoms with Gasteiger partial charge in [-0.2, -0.15) is 0 Å². The van der Waals surface area contributed by atoms with Gasteiger partial charge in [-0.05, 0) is 37.0 Å². The van der Waals surface area contributed by atoms with Gasteiger partial charge in [0.25, 0.3) is 0 Å². The van der Waals surface area contributed by atoms with Gasteiger partial charge in [0.2, 0.25) is 21.8 Å². The molecule has 2 heterocycles. The minimum atomic E-state index is -3.27. The van der Waals surface area contributed by atoms with Crippen molar-refractivity contribution in [1.29, 1.82) is 0 Å². The molecule has 0 spiro atoms. The molecule has 2 saturated heterocycles. The van der Waals surface area contributed by atoms with Crippen molar-refractivity contribution >= 4 is 21.8 Å². The van der Waals surface area contributed by atoms with Crippen molar-refractivity contribution in [1.82, 2.24) is 14.5 Å². The second kappa shape index (κ2) is 9.86. The number of nitrogens with one attached hydrogen (secondary N) is 1. The molecule has 0 aliphatic carbocycles. The van der Waals surface area contributed by atoms with Crippen LogP contribution in [-0.4, -0.2) is 82.1 Å². The van der Waals surface area contributed by atoms with Gasteiger partial charge in [-0.15, -0.1) is 0 Å². The summed E-state index contributed by atoms with van der Waals surface area (Å²) in [6.07, 6.45) is 3.45. The SMILES string of the molecule is COc1ccc(CCN2CC(C(=O)NC3CCCN(S(C)(=O)=O)C3)CC2=O)cc1OC. The van der Waals surface area contributed by atoms with Crippen LogP contribution in [0.3, 0.4) is 0 Å². The van der Waals surface area contributed by atoms with Crippen LogP contribution in [0.15, 0.2) is 18.2 Å². The molecule has 2 aliphatic rings. The third kappa shape index (κ3) is 5.88. The maximum atomic E-state index is 12.7. The number of rotatable bonds is 8. The van der Waals surface area contributed by atoms with E-state index in [0.29, 0.717) is 44.0 Å². The lowest BCUT2D eigenvalue weighted by molar-refractivity contribution is -0.129. The van der Waals surface area contributed by atoms with E-state index >= 15 is 0 Å². The average molecular weight is 454 g/mol. The number of benzene rings is 1. The molecule has 31 heavy (non-hydrogen) atoms. The Morgan fingerprint density at radius 2 is 1.94 bits per heavy atom. The number of likely N-dealkylation sites (tertiary alicyclic amines) is 1. The fourth-order valence-corrected chi connectivity index (χ4v) is 5.06. The first-order valence-electron chi connectivity index (χ1n) is 10.5. The van der Waals surface area contributed by atoms with E-state index in [0.717, 1.165) is 12.0 Å². The molecular formula is C21H31N3O6S. The van der Waals surface area contributed by atoms with E-state index < -0.39 is 15.9 Å². The van der Waals surface area contributed by atoms with Crippen LogP contribution >= 0.6 is 0 Å². The van der Waals surface area contributed by atoms with E-state index in [4.69, 9.17) is 9.47 Å². The summed E-state index contributed by atoms with van der Waals surface area (Å²) in [7, 11) is -0.111. The van der Waals surface area contributed by atoms with Crippen LogP contribution in [0.1, 0.15) is 24.8 Å². The van der Waals surface area contributed by atoms with Crippen LogP contribution < -0.4 is 14.8 Å². The Morgan fingerprint density at radius 3 is 2.61 bits per heavy atom. The first-order chi connectivity index (χ1) is 14.7. The number of nitrogens with zero attached hydrogens (tertiary/aromatic N) is 2. The lowest BCUT2D eigenvalue weighted by atomic mass is 10.0. The number of ether oxygens (including phenoxy) is 2. The average Bonchev–Trinajstić information content (AvgIpc) is 3.12. The summed E-state index contributed by atoms with van der Waals surface area (Å²) < 4.78 is 35.5. The number of hydrogen-bond donors (Lipinski definition) is 1. The molecule has 10 heteroatoms. The maximum absolute atomic E-state index is 12.7. The third-order valence-electron chi connectivity index (χ3n) is 5.90. The second-order valence-corrected chi connectivity index (χ2v) is 10.1. The Morgan fingerprint density at radius 1 is 1.19 bits per heavy atom. The molecule has 2 atom stereocenters. The monoisotopic (exact) mass is 453 g/mol. The number of carbonyl (C=O) groups is 2. The zero-order valence-electron chi connectivity index (χ0n) is 18.3. The Hall–Kier alpha value is -2.33. The van der Waals surface area contributed by atoms with Gasteiger partial charge in [0.05, 0.1) is 26.4 Å². The van der Waals surface area contributed by atoms with E-state index in [1.54, 1.807) is 19.1 Å². The zero-order valence-corrected chi connectivity index (χ0v) is 19.1.